The molecule has 0 bridgehead atoms. The van der Waals surface area contributed by atoms with Crippen LogP contribution in [-0.2, 0) is 19.1 Å². The molecule has 1 aliphatic rings. The lowest BCUT2D eigenvalue weighted by Crippen LogP contribution is -2.51. The Morgan fingerprint density at radius 2 is 1.33 bits per heavy atom. The van der Waals surface area contributed by atoms with E-state index in [1.165, 1.54) is 0 Å². The molecule has 8 nitrogen and oxygen atoms in total. The van der Waals surface area contributed by atoms with Crippen LogP contribution in [0, 0.1) is 0 Å². The van der Waals surface area contributed by atoms with Crippen LogP contribution in [0.4, 0.5) is 0 Å². The van der Waals surface area contributed by atoms with Gasteiger partial charge in [0.15, 0.2) is 18.0 Å². The standard InChI is InChI=1S/C13H24N2O6/c1-7(5-16)14-11(18)9-10(21-13(3,4)20-9)12(19)15-8(2)6-17/h7-10,16-17H,5-6H2,1-4H3,(H,14,18)(H,15,19)/t7-,8-,9-,10-/m0/s1. The van der Waals surface area contributed by atoms with Gasteiger partial charge in [0.1, 0.15) is 0 Å². The van der Waals surface area contributed by atoms with Gasteiger partial charge in [0.25, 0.3) is 11.8 Å². The van der Waals surface area contributed by atoms with Crippen LogP contribution in [0.5, 0.6) is 0 Å². The summed E-state index contributed by atoms with van der Waals surface area (Å²) < 4.78 is 10.9. The monoisotopic (exact) mass is 304 g/mol. The fourth-order valence-corrected chi connectivity index (χ4v) is 1.89. The molecule has 4 N–H and O–H groups in total. The molecule has 0 aliphatic carbocycles. The zero-order valence-corrected chi connectivity index (χ0v) is 12.8. The Kier molecular flexibility index (Phi) is 6.09. The summed E-state index contributed by atoms with van der Waals surface area (Å²) in [6.45, 7) is 6.02. The van der Waals surface area contributed by atoms with Gasteiger partial charge >= 0.3 is 0 Å². The van der Waals surface area contributed by atoms with Crippen molar-refractivity contribution in [1.82, 2.24) is 10.6 Å². The Labute approximate surface area is 123 Å². The van der Waals surface area contributed by atoms with Crippen molar-refractivity contribution in [3.05, 3.63) is 0 Å². The number of hydrogen-bond donors (Lipinski definition) is 4. The Balaban J connectivity index is 2.79. The van der Waals surface area contributed by atoms with E-state index < -0.39 is 41.9 Å². The van der Waals surface area contributed by atoms with E-state index in [4.69, 9.17) is 19.7 Å². The molecular weight excluding hydrogens is 280 g/mol. The first kappa shape index (κ1) is 17.8. The summed E-state index contributed by atoms with van der Waals surface area (Å²) in [6, 6.07) is -0.908. The van der Waals surface area contributed by atoms with E-state index in [-0.39, 0.29) is 13.2 Å². The van der Waals surface area contributed by atoms with Gasteiger partial charge < -0.3 is 30.3 Å². The first-order chi connectivity index (χ1) is 9.70. The van der Waals surface area contributed by atoms with Gasteiger partial charge in [0.05, 0.1) is 13.2 Å². The van der Waals surface area contributed by atoms with Crippen LogP contribution in [0.1, 0.15) is 27.7 Å². The molecule has 1 rings (SSSR count). The quantitative estimate of drug-likeness (QED) is 0.474. The van der Waals surface area contributed by atoms with Crippen LogP contribution in [0.3, 0.4) is 0 Å². The number of nitrogens with one attached hydrogen (secondary N) is 2. The smallest absolute Gasteiger partial charge is 0.252 e. The number of ether oxygens (including phenoxy) is 2. The number of carbonyl (C=O) groups excluding carboxylic acids is 2. The van der Waals surface area contributed by atoms with Crippen LogP contribution >= 0.6 is 0 Å². The van der Waals surface area contributed by atoms with Crippen LogP contribution in [0.25, 0.3) is 0 Å². The van der Waals surface area contributed by atoms with Crippen molar-refractivity contribution in [3.63, 3.8) is 0 Å². The van der Waals surface area contributed by atoms with Crippen LogP contribution in [0.2, 0.25) is 0 Å². The van der Waals surface area contributed by atoms with Crippen molar-refractivity contribution < 1.29 is 29.3 Å². The van der Waals surface area contributed by atoms with Gasteiger partial charge in [-0.3, -0.25) is 9.59 Å². The van der Waals surface area contributed by atoms with Crippen molar-refractivity contribution in [2.75, 3.05) is 13.2 Å². The highest BCUT2D eigenvalue weighted by molar-refractivity contribution is 5.91. The second-order valence-corrected chi connectivity index (χ2v) is 5.66. The van der Waals surface area contributed by atoms with Crippen molar-refractivity contribution in [1.29, 1.82) is 0 Å². The highest BCUT2D eigenvalue weighted by Gasteiger charge is 2.49. The third-order valence-electron chi connectivity index (χ3n) is 2.94. The van der Waals surface area contributed by atoms with E-state index in [9.17, 15) is 9.59 Å². The molecule has 1 aliphatic heterocycles. The number of aliphatic hydroxyl groups excluding tert-OH is 2. The molecule has 0 spiro atoms. The van der Waals surface area contributed by atoms with Crippen molar-refractivity contribution in [3.8, 4) is 0 Å². The van der Waals surface area contributed by atoms with E-state index in [2.05, 4.69) is 10.6 Å². The van der Waals surface area contributed by atoms with E-state index in [1.54, 1.807) is 27.7 Å². The van der Waals surface area contributed by atoms with E-state index in [1.807, 2.05) is 0 Å². The second-order valence-electron chi connectivity index (χ2n) is 5.66. The molecule has 0 aromatic carbocycles. The molecule has 4 atom stereocenters. The average Bonchev–Trinajstić information content (AvgIpc) is 2.74. The lowest BCUT2D eigenvalue weighted by molar-refractivity contribution is -0.160. The van der Waals surface area contributed by atoms with Gasteiger partial charge in [-0.2, -0.15) is 0 Å². The van der Waals surface area contributed by atoms with E-state index >= 15 is 0 Å². The summed E-state index contributed by atoms with van der Waals surface area (Å²) in [5.74, 6) is -2.13. The molecule has 1 heterocycles. The largest absolute Gasteiger partial charge is 0.394 e. The second kappa shape index (κ2) is 7.17. The molecule has 122 valence electrons. The summed E-state index contributed by atoms with van der Waals surface area (Å²) in [7, 11) is 0. The highest BCUT2D eigenvalue weighted by atomic mass is 16.8. The number of amides is 2. The molecule has 8 heteroatoms. The zero-order chi connectivity index (χ0) is 16.2. The maximum atomic E-state index is 12.1. The first-order valence-corrected chi connectivity index (χ1v) is 6.88. The minimum atomic E-state index is -1.11. The number of carbonyl (C=O) groups is 2. The minimum absolute atomic E-state index is 0.221. The third kappa shape index (κ3) is 4.92. The first-order valence-electron chi connectivity index (χ1n) is 6.88. The van der Waals surface area contributed by atoms with Crippen molar-refractivity contribution >= 4 is 11.8 Å². The summed E-state index contributed by atoms with van der Waals surface area (Å²) in [5, 5.41) is 23.0. The Hall–Kier alpha value is -1.22. The average molecular weight is 304 g/mol. The topological polar surface area (TPSA) is 117 Å². The van der Waals surface area contributed by atoms with Crippen LogP contribution < -0.4 is 10.6 Å². The van der Waals surface area contributed by atoms with Gasteiger partial charge in [-0.15, -0.1) is 0 Å². The number of aliphatic hydroxyl groups is 2. The molecule has 1 fully saturated rings. The summed E-state index contributed by atoms with van der Waals surface area (Å²) in [5.41, 5.74) is 0. The minimum Gasteiger partial charge on any atom is -0.394 e. The molecule has 0 unspecified atom stereocenters. The predicted molar refractivity (Wildman–Crippen MR) is 73.2 cm³/mol. The maximum Gasteiger partial charge on any atom is 0.252 e. The molecular formula is C13H24N2O6. The SMILES string of the molecule is C[C@@H](CO)NC(=O)[C@H]1OC(C)(C)O[C@@H]1C(=O)N[C@@H](C)CO. The van der Waals surface area contributed by atoms with Crippen LogP contribution in [0.15, 0.2) is 0 Å². The number of hydrogen-bond acceptors (Lipinski definition) is 6. The number of rotatable bonds is 6. The van der Waals surface area contributed by atoms with E-state index in [0.29, 0.717) is 0 Å². The Morgan fingerprint density at radius 1 is 1.00 bits per heavy atom. The zero-order valence-electron chi connectivity index (χ0n) is 12.8. The fraction of sp³-hybridized carbons (Fsp3) is 0.846. The lowest BCUT2D eigenvalue weighted by Gasteiger charge is -2.20. The predicted octanol–water partition coefficient (Wildman–Crippen LogP) is -1.50. The van der Waals surface area contributed by atoms with Crippen LogP contribution in [-0.4, -0.2) is 65.3 Å². The summed E-state index contributed by atoms with van der Waals surface area (Å²) in [4.78, 5) is 24.2. The Morgan fingerprint density at radius 3 is 1.62 bits per heavy atom. The molecule has 1 saturated heterocycles. The van der Waals surface area contributed by atoms with Crippen molar-refractivity contribution in [2.45, 2.75) is 57.8 Å². The van der Waals surface area contributed by atoms with Gasteiger partial charge in [-0.05, 0) is 27.7 Å². The maximum absolute atomic E-state index is 12.1. The van der Waals surface area contributed by atoms with Gasteiger partial charge in [-0.25, -0.2) is 0 Å². The van der Waals surface area contributed by atoms with Gasteiger partial charge in [0, 0.05) is 12.1 Å². The fourth-order valence-electron chi connectivity index (χ4n) is 1.89. The highest BCUT2D eigenvalue weighted by Crippen LogP contribution is 2.28. The molecule has 21 heavy (non-hydrogen) atoms. The molecule has 0 aromatic rings. The Bertz CT molecular complexity index is 353. The van der Waals surface area contributed by atoms with Gasteiger partial charge in [0.2, 0.25) is 0 Å². The van der Waals surface area contributed by atoms with Crippen molar-refractivity contribution in [2.24, 2.45) is 0 Å². The van der Waals surface area contributed by atoms with E-state index in [0.717, 1.165) is 0 Å². The summed E-state index contributed by atoms with van der Waals surface area (Å²) in [6.07, 6.45) is -2.22. The molecule has 0 radical (unpaired) electrons. The molecule has 0 aromatic heterocycles. The normalized spacial score (nSPS) is 27.0. The molecule has 2 amide bonds. The molecule has 0 saturated carbocycles. The third-order valence-corrected chi connectivity index (χ3v) is 2.94. The summed E-state index contributed by atoms with van der Waals surface area (Å²) >= 11 is 0. The van der Waals surface area contributed by atoms with Gasteiger partial charge in [-0.1, -0.05) is 0 Å². The lowest BCUT2D eigenvalue weighted by atomic mass is 10.1.